The van der Waals surface area contributed by atoms with Gasteiger partial charge in [0, 0.05) is 12.2 Å². The summed E-state index contributed by atoms with van der Waals surface area (Å²) in [5, 5.41) is 4.25. The van der Waals surface area contributed by atoms with Gasteiger partial charge in [-0.3, -0.25) is 9.79 Å². The molecule has 1 fully saturated rings. The molecule has 1 aliphatic rings. The highest BCUT2D eigenvalue weighted by atomic mass is 35.5. The third-order valence-electron chi connectivity index (χ3n) is 4.41. The topological polar surface area (TPSA) is 82.5 Å². The number of benzene rings is 1. The maximum Gasteiger partial charge on any atom is 0.290 e. The van der Waals surface area contributed by atoms with E-state index in [9.17, 15) is 9.18 Å². The third kappa shape index (κ3) is 3.94. The summed E-state index contributed by atoms with van der Waals surface area (Å²) in [5.74, 6) is -0.365. The SMILES string of the molecule is CC1CC(n2ncc(C(Cl)=NCc3ccccc3F)c(N)c2=O)CCO1. The second-order valence-corrected chi connectivity index (χ2v) is 6.64. The van der Waals surface area contributed by atoms with Gasteiger partial charge in [0.15, 0.2) is 0 Å². The molecule has 2 aromatic rings. The molecule has 6 nitrogen and oxygen atoms in total. The van der Waals surface area contributed by atoms with Crippen molar-refractivity contribution in [2.24, 2.45) is 4.99 Å². The summed E-state index contributed by atoms with van der Waals surface area (Å²) in [6, 6.07) is 6.23. The number of hydrogen-bond acceptors (Lipinski definition) is 5. The molecule has 0 bridgehead atoms. The Labute approximate surface area is 155 Å². The van der Waals surface area contributed by atoms with Crippen molar-refractivity contribution < 1.29 is 9.13 Å². The van der Waals surface area contributed by atoms with Crippen LogP contribution in [-0.2, 0) is 11.3 Å². The van der Waals surface area contributed by atoms with Crippen molar-refractivity contribution in [2.45, 2.75) is 38.5 Å². The molecule has 2 heterocycles. The largest absolute Gasteiger partial charge is 0.394 e. The number of aromatic nitrogens is 2. The first kappa shape index (κ1) is 18.5. The fourth-order valence-corrected chi connectivity index (χ4v) is 3.18. The lowest BCUT2D eigenvalue weighted by Crippen LogP contribution is -2.35. The highest BCUT2D eigenvalue weighted by Gasteiger charge is 2.24. The minimum Gasteiger partial charge on any atom is -0.394 e. The lowest BCUT2D eigenvalue weighted by atomic mass is 10.0. The molecule has 2 N–H and O–H groups in total. The van der Waals surface area contributed by atoms with Gasteiger partial charge in [-0.25, -0.2) is 9.07 Å². The predicted octanol–water partition coefficient (Wildman–Crippen LogP) is 2.89. The van der Waals surface area contributed by atoms with Crippen LogP contribution in [0.15, 0.2) is 40.2 Å². The van der Waals surface area contributed by atoms with E-state index in [-0.39, 0.29) is 40.9 Å². The van der Waals surface area contributed by atoms with Gasteiger partial charge in [0.1, 0.15) is 16.7 Å². The van der Waals surface area contributed by atoms with Crippen molar-refractivity contribution >= 4 is 22.5 Å². The minimum atomic E-state index is -0.402. The molecule has 1 aromatic carbocycles. The van der Waals surface area contributed by atoms with Crippen LogP contribution < -0.4 is 11.3 Å². The molecule has 2 unspecified atom stereocenters. The van der Waals surface area contributed by atoms with E-state index >= 15 is 0 Å². The van der Waals surface area contributed by atoms with Crippen molar-refractivity contribution in [1.82, 2.24) is 9.78 Å². The fraction of sp³-hybridized carbons (Fsp3) is 0.389. The Bertz CT molecular complexity index is 884. The molecule has 1 aromatic heterocycles. The Morgan fingerprint density at radius 2 is 2.27 bits per heavy atom. The van der Waals surface area contributed by atoms with Gasteiger partial charge in [-0.05, 0) is 25.8 Å². The zero-order chi connectivity index (χ0) is 18.7. The molecule has 0 amide bonds. The third-order valence-corrected chi connectivity index (χ3v) is 4.73. The number of nitrogen functional groups attached to an aromatic ring is 1. The molecule has 138 valence electrons. The lowest BCUT2D eigenvalue weighted by Gasteiger charge is -2.28. The molecular formula is C18H20ClFN4O2. The molecule has 1 saturated heterocycles. The van der Waals surface area contributed by atoms with Crippen molar-refractivity contribution in [1.29, 1.82) is 0 Å². The van der Waals surface area contributed by atoms with E-state index in [0.717, 1.165) is 0 Å². The van der Waals surface area contributed by atoms with E-state index in [1.54, 1.807) is 18.2 Å². The second kappa shape index (κ2) is 7.97. The average Bonchev–Trinajstić information content (AvgIpc) is 2.63. The summed E-state index contributed by atoms with van der Waals surface area (Å²) in [4.78, 5) is 16.7. The van der Waals surface area contributed by atoms with E-state index in [4.69, 9.17) is 22.1 Å². The smallest absolute Gasteiger partial charge is 0.290 e. The summed E-state index contributed by atoms with van der Waals surface area (Å²) in [5.41, 5.74) is 6.22. The summed E-state index contributed by atoms with van der Waals surface area (Å²) >= 11 is 6.19. The van der Waals surface area contributed by atoms with Crippen LogP contribution in [0.1, 0.15) is 36.9 Å². The zero-order valence-electron chi connectivity index (χ0n) is 14.4. The molecule has 2 atom stereocenters. The summed E-state index contributed by atoms with van der Waals surface area (Å²) in [6.07, 6.45) is 2.89. The highest BCUT2D eigenvalue weighted by molar-refractivity contribution is 6.70. The summed E-state index contributed by atoms with van der Waals surface area (Å²) in [7, 11) is 0. The minimum absolute atomic E-state index is 0.0126. The maximum atomic E-state index is 13.7. The molecule has 8 heteroatoms. The molecule has 0 saturated carbocycles. The second-order valence-electron chi connectivity index (χ2n) is 6.28. The Balaban J connectivity index is 1.84. The van der Waals surface area contributed by atoms with E-state index in [0.29, 0.717) is 25.0 Å². The van der Waals surface area contributed by atoms with Gasteiger partial charge in [-0.2, -0.15) is 5.10 Å². The van der Waals surface area contributed by atoms with Gasteiger partial charge < -0.3 is 10.5 Å². The summed E-state index contributed by atoms with van der Waals surface area (Å²) < 4.78 is 20.6. The number of halogens is 2. The van der Waals surface area contributed by atoms with Crippen LogP contribution in [0.2, 0.25) is 0 Å². The molecular weight excluding hydrogens is 359 g/mol. The number of aliphatic imine (C=N–C) groups is 1. The Hall–Kier alpha value is -2.25. The molecule has 3 rings (SSSR count). The molecule has 0 aliphatic carbocycles. The van der Waals surface area contributed by atoms with E-state index in [1.165, 1.54) is 16.9 Å². The number of ether oxygens (including phenoxy) is 1. The summed E-state index contributed by atoms with van der Waals surface area (Å²) in [6.45, 7) is 2.58. The van der Waals surface area contributed by atoms with Crippen LogP contribution >= 0.6 is 11.6 Å². The van der Waals surface area contributed by atoms with E-state index in [1.807, 2.05) is 6.92 Å². The Morgan fingerprint density at radius 3 is 3.00 bits per heavy atom. The molecule has 1 aliphatic heterocycles. The van der Waals surface area contributed by atoms with Crippen LogP contribution in [0, 0.1) is 5.82 Å². The van der Waals surface area contributed by atoms with Gasteiger partial charge >= 0.3 is 0 Å². The van der Waals surface area contributed by atoms with Gasteiger partial charge in [0.2, 0.25) is 0 Å². The van der Waals surface area contributed by atoms with Gasteiger partial charge in [0.25, 0.3) is 5.56 Å². The van der Waals surface area contributed by atoms with Crippen LogP contribution in [-0.4, -0.2) is 27.7 Å². The van der Waals surface area contributed by atoms with Crippen LogP contribution in [0.5, 0.6) is 0 Å². The lowest BCUT2D eigenvalue weighted by molar-refractivity contribution is 0.00253. The average molecular weight is 379 g/mol. The fourth-order valence-electron chi connectivity index (χ4n) is 2.97. The van der Waals surface area contributed by atoms with Crippen molar-refractivity contribution in [3.63, 3.8) is 0 Å². The van der Waals surface area contributed by atoms with E-state index in [2.05, 4.69) is 10.1 Å². The highest BCUT2D eigenvalue weighted by Crippen LogP contribution is 2.23. The Morgan fingerprint density at radius 1 is 1.50 bits per heavy atom. The first-order chi connectivity index (χ1) is 12.5. The number of nitrogens with zero attached hydrogens (tertiary/aromatic N) is 3. The van der Waals surface area contributed by atoms with Gasteiger partial charge in [-0.15, -0.1) is 0 Å². The number of nitrogens with two attached hydrogens (primary N) is 1. The number of anilines is 1. The van der Waals surface area contributed by atoms with Crippen LogP contribution in [0.3, 0.4) is 0 Å². The van der Waals surface area contributed by atoms with Crippen molar-refractivity contribution in [3.05, 3.63) is 57.8 Å². The van der Waals surface area contributed by atoms with Crippen molar-refractivity contribution in [3.8, 4) is 0 Å². The number of rotatable bonds is 4. The van der Waals surface area contributed by atoms with Crippen molar-refractivity contribution in [2.75, 3.05) is 12.3 Å². The van der Waals surface area contributed by atoms with Crippen LogP contribution in [0.25, 0.3) is 0 Å². The number of hydrogen-bond donors (Lipinski definition) is 1. The standard InChI is InChI=1S/C18H20ClFN4O2/c1-11-8-13(6-7-26-11)24-18(25)16(21)14(10-23-24)17(19)22-9-12-4-2-3-5-15(12)20/h2-5,10-11,13H,6-9,21H2,1H3. The normalized spacial score (nSPS) is 21.0. The van der Waals surface area contributed by atoms with E-state index < -0.39 is 5.56 Å². The Kier molecular flexibility index (Phi) is 5.68. The predicted molar refractivity (Wildman–Crippen MR) is 99.1 cm³/mol. The quantitative estimate of drug-likeness (QED) is 0.829. The first-order valence-electron chi connectivity index (χ1n) is 8.40. The van der Waals surface area contributed by atoms with Gasteiger partial charge in [-0.1, -0.05) is 29.8 Å². The monoisotopic (exact) mass is 378 g/mol. The molecule has 0 radical (unpaired) electrons. The maximum absolute atomic E-state index is 13.7. The zero-order valence-corrected chi connectivity index (χ0v) is 15.1. The first-order valence-corrected chi connectivity index (χ1v) is 8.77. The molecule has 26 heavy (non-hydrogen) atoms. The van der Waals surface area contributed by atoms with Crippen LogP contribution in [0.4, 0.5) is 10.1 Å². The van der Waals surface area contributed by atoms with Gasteiger partial charge in [0.05, 0.1) is 30.5 Å². The molecule has 0 spiro atoms.